The van der Waals surface area contributed by atoms with Crippen LogP contribution in [0.1, 0.15) is 38.2 Å². The smallest absolute Gasteiger partial charge is 0.280 e. The maximum Gasteiger partial charge on any atom is 0.280 e. The average molecular weight is 363 g/mol. The third-order valence-corrected chi connectivity index (χ3v) is 4.20. The van der Waals surface area contributed by atoms with Gasteiger partial charge in [0.15, 0.2) is 0 Å². The van der Waals surface area contributed by atoms with Crippen LogP contribution >= 0.6 is 0 Å². The lowest BCUT2D eigenvalue weighted by Crippen LogP contribution is -2.07. The van der Waals surface area contributed by atoms with E-state index in [2.05, 4.69) is 22.3 Å². The van der Waals surface area contributed by atoms with Crippen LogP contribution in [0.3, 0.4) is 0 Å². The van der Waals surface area contributed by atoms with E-state index in [4.69, 9.17) is 9.47 Å². The van der Waals surface area contributed by atoms with Crippen LogP contribution in [0.2, 0.25) is 0 Å². The molecule has 27 heavy (non-hydrogen) atoms. The molecule has 0 bridgehead atoms. The van der Waals surface area contributed by atoms with Crippen molar-refractivity contribution in [2.75, 3.05) is 6.61 Å². The van der Waals surface area contributed by atoms with Gasteiger partial charge in [0, 0.05) is 5.56 Å². The van der Waals surface area contributed by atoms with Crippen molar-refractivity contribution in [3.63, 3.8) is 0 Å². The second kappa shape index (κ2) is 10.3. The Kier molecular flexibility index (Phi) is 7.16. The maximum absolute atomic E-state index is 6.10. The summed E-state index contributed by atoms with van der Waals surface area (Å²) in [6.07, 6.45) is 4.52. The van der Waals surface area contributed by atoms with E-state index in [0.29, 0.717) is 30.5 Å². The first-order valence-electron chi connectivity index (χ1n) is 9.46. The molecule has 5 heteroatoms. The average Bonchev–Trinajstić information content (AvgIpc) is 2.74. The van der Waals surface area contributed by atoms with Crippen LogP contribution in [-0.4, -0.2) is 22.0 Å². The molecule has 0 spiro atoms. The molecule has 3 rings (SSSR count). The summed E-state index contributed by atoms with van der Waals surface area (Å²) in [5.74, 6) is 0.937. The van der Waals surface area contributed by atoms with Crippen LogP contribution in [0, 0.1) is 0 Å². The summed E-state index contributed by atoms with van der Waals surface area (Å²) in [5.41, 5.74) is 2.64. The Bertz CT molecular complexity index is 810. The molecule has 0 saturated carbocycles. The molecule has 0 aliphatic carbocycles. The van der Waals surface area contributed by atoms with Crippen molar-refractivity contribution in [2.45, 2.75) is 39.2 Å². The predicted molar refractivity (Wildman–Crippen MR) is 106 cm³/mol. The molecule has 0 aliphatic heterocycles. The minimum atomic E-state index is 0.399. The first kappa shape index (κ1) is 18.8. The minimum absolute atomic E-state index is 0.399. The number of nitrogens with zero attached hydrogens (tertiary/aromatic N) is 3. The normalized spacial score (nSPS) is 10.6. The van der Waals surface area contributed by atoms with Crippen LogP contribution in [-0.2, 0) is 6.61 Å². The van der Waals surface area contributed by atoms with Crippen molar-refractivity contribution in [2.24, 2.45) is 0 Å². The molecule has 5 nitrogen and oxygen atoms in total. The lowest BCUT2D eigenvalue weighted by Gasteiger charge is -2.14. The van der Waals surface area contributed by atoms with Crippen LogP contribution in [0.15, 0.2) is 60.7 Å². The van der Waals surface area contributed by atoms with E-state index >= 15 is 0 Å². The van der Waals surface area contributed by atoms with Gasteiger partial charge in [-0.25, -0.2) is 0 Å². The number of hydrogen-bond donors (Lipinski definition) is 0. The fourth-order valence-electron chi connectivity index (χ4n) is 2.74. The number of aromatic nitrogens is 3. The highest BCUT2D eigenvalue weighted by Crippen LogP contribution is 2.34. The third-order valence-electron chi connectivity index (χ3n) is 4.20. The molecule has 0 N–H and O–H groups in total. The van der Waals surface area contributed by atoms with Gasteiger partial charge in [-0.05, 0) is 17.2 Å². The summed E-state index contributed by atoms with van der Waals surface area (Å²) < 4.78 is 12.0. The van der Waals surface area contributed by atoms with Crippen molar-refractivity contribution in [1.82, 2.24) is 15.4 Å². The Morgan fingerprint density at radius 1 is 0.778 bits per heavy atom. The van der Waals surface area contributed by atoms with Crippen molar-refractivity contribution < 1.29 is 9.47 Å². The summed E-state index contributed by atoms with van der Waals surface area (Å²) in [7, 11) is 0. The Morgan fingerprint density at radius 2 is 1.52 bits per heavy atom. The van der Waals surface area contributed by atoms with Gasteiger partial charge >= 0.3 is 0 Å². The molecule has 0 saturated heterocycles. The molecular formula is C22H25N3O2. The van der Waals surface area contributed by atoms with E-state index in [0.717, 1.165) is 24.0 Å². The molecular weight excluding hydrogens is 338 g/mol. The third kappa shape index (κ3) is 5.51. The van der Waals surface area contributed by atoms with Crippen molar-refractivity contribution in [1.29, 1.82) is 0 Å². The van der Waals surface area contributed by atoms with Crippen LogP contribution in [0.25, 0.3) is 11.3 Å². The Balaban J connectivity index is 1.81. The highest BCUT2D eigenvalue weighted by Gasteiger charge is 2.17. The van der Waals surface area contributed by atoms with Gasteiger partial charge in [-0.3, -0.25) is 0 Å². The first-order valence-corrected chi connectivity index (χ1v) is 9.46. The summed E-state index contributed by atoms with van der Waals surface area (Å²) in [6.45, 7) is 3.20. The van der Waals surface area contributed by atoms with E-state index in [1.54, 1.807) is 0 Å². The van der Waals surface area contributed by atoms with Gasteiger partial charge in [0.2, 0.25) is 5.75 Å². The number of ether oxygens (including phenoxy) is 2. The SMILES string of the molecule is CCCCCCOc1nnnc(-c2ccccc2)c1OCc1ccccc1. The van der Waals surface area contributed by atoms with Crippen LogP contribution in [0.5, 0.6) is 11.6 Å². The molecule has 3 aromatic rings. The quantitative estimate of drug-likeness (QED) is 0.470. The zero-order valence-corrected chi connectivity index (χ0v) is 15.7. The molecule has 0 unspecified atom stereocenters. The fraction of sp³-hybridized carbons (Fsp3) is 0.318. The zero-order valence-electron chi connectivity index (χ0n) is 15.7. The lowest BCUT2D eigenvalue weighted by atomic mass is 10.1. The molecule has 0 amide bonds. The predicted octanol–water partition coefficient (Wildman–Crippen LogP) is 5.08. The molecule has 1 aromatic heterocycles. The zero-order chi connectivity index (χ0) is 18.7. The molecule has 140 valence electrons. The largest absolute Gasteiger partial charge is 0.481 e. The van der Waals surface area contributed by atoms with Gasteiger partial charge in [0.25, 0.3) is 5.88 Å². The summed E-state index contributed by atoms with van der Waals surface area (Å²) in [4.78, 5) is 0. The summed E-state index contributed by atoms with van der Waals surface area (Å²) in [6, 6.07) is 19.9. The van der Waals surface area contributed by atoms with Crippen molar-refractivity contribution in [3.8, 4) is 22.9 Å². The maximum atomic E-state index is 6.10. The molecule has 2 aromatic carbocycles. The number of rotatable bonds is 10. The second-order valence-electron chi connectivity index (χ2n) is 6.32. The number of benzene rings is 2. The Hall–Kier alpha value is -2.95. The highest BCUT2D eigenvalue weighted by atomic mass is 16.5. The van der Waals surface area contributed by atoms with Crippen molar-refractivity contribution >= 4 is 0 Å². The van der Waals surface area contributed by atoms with Gasteiger partial charge < -0.3 is 9.47 Å². The van der Waals surface area contributed by atoms with E-state index in [-0.39, 0.29) is 0 Å². The number of hydrogen-bond acceptors (Lipinski definition) is 5. The molecule has 0 radical (unpaired) electrons. The Morgan fingerprint density at radius 3 is 2.26 bits per heavy atom. The highest BCUT2D eigenvalue weighted by molar-refractivity contribution is 5.67. The monoisotopic (exact) mass is 363 g/mol. The van der Waals surface area contributed by atoms with Gasteiger partial charge in [-0.15, -0.1) is 5.10 Å². The standard InChI is InChI=1S/C22H25N3O2/c1-2-3-4-11-16-26-22-21(27-17-18-12-7-5-8-13-18)20(23-25-24-22)19-14-9-6-10-15-19/h5-10,12-15H,2-4,11,16-17H2,1H3. The summed E-state index contributed by atoms with van der Waals surface area (Å²) >= 11 is 0. The first-order chi connectivity index (χ1) is 13.4. The van der Waals surface area contributed by atoms with Gasteiger partial charge in [-0.1, -0.05) is 91.9 Å². The van der Waals surface area contributed by atoms with Gasteiger partial charge in [-0.2, -0.15) is 0 Å². The van der Waals surface area contributed by atoms with Gasteiger partial charge in [0.1, 0.15) is 12.3 Å². The topological polar surface area (TPSA) is 57.1 Å². The van der Waals surface area contributed by atoms with Crippen molar-refractivity contribution in [3.05, 3.63) is 66.2 Å². The lowest BCUT2D eigenvalue weighted by molar-refractivity contribution is 0.244. The fourth-order valence-corrected chi connectivity index (χ4v) is 2.74. The van der Waals surface area contributed by atoms with E-state index in [9.17, 15) is 0 Å². The molecule has 1 heterocycles. The van der Waals surface area contributed by atoms with E-state index in [1.165, 1.54) is 12.8 Å². The minimum Gasteiger partial charge on any atom is -0.481 e. The molecule has 0 atom stereocenters. The van der Waals surface area contributed by atoms with E-state index < -0.39 is 0 Å². The van der Waals surface area contributed by atoms with Crippen LogP contribution < -0.4 is 9.47 Å². The number of unbranched alkanes of at least 4 members (excludes halogenated alkanes) is 3. The van der Waals surface area contributed by atoms with Crippen LogP contribution in [0.4, 0.5) is 0 Å². The Labute approximate surface area is 160 Å². The second-order valence-corrected chi connectivity index (χ2v) is 6.32. The molecule has 0 fully saturated rings. The summed E-state index contributed by atoms with van der Waals surface area (Å²) in [5, 5.41) is 12.2. The molecule has 0 aliphatic rings. The van der Waals surface area contributed by atoms with E-state index in [1.807, 2.05) is 60.7 Å². The van der Waals surface area contributed by atoms with Gasteiger partial charge in [0.05, 0.1) is 6.61 Å².